The maximum atomic E-state index is 5.54. The third-order valence-corrected chi connectivity index (χ3v) is 3.44. The Morgan fingerprint density at radius 1 is 1.24 bits per heavy atom. The van der Waals surface area contributed by atoms with Crippen molar-refractivity contribution in [2.24, 2.45) is 5.73 Å². The van der Waals surface area contributed by atoms with Crippen molar-refractivity contribution in [2.75, 3.05) is 23.7 Å². The molecule has 2 aromatic rings. The van der Waals surface area contributed by atoms with E-state index in [0.717, 1.165) is 24.5 Å². The molecule has 1 aliphatic carbocycles. The monoisotopic (exact) mass is 284 g/mol. The van der Waals surface area contributed by atoms with E-state index in [9.17, 15) is 0 Å². The highest BCUT2D eigenvalue weighted by Crippen LogP contribution is 2.42. The predicted molar refractivity (Wildman–Crippen MR) is 83.7 cm³/mol. The molecule has 0 amide bonds. The molecule has 2 aromatic heterocycles. The van der Waals surface area contributed by atoms with Crippen molar-refractivity contribution in [3.8, 4) is 0 Å². The van der Waals surface area contributed by atoms with Gasteiger partial charge in [0.1, 0.15) is 5.82 Å². The zero-order valence-electron chi connectivity index (χ0n) is 11.9. The second-order valence-corrected chi connectivity index (χ2v) is 5.20. The van der Waals surface area contributed by atoms with E-state index in [1.165, 1.54) is 18.4 Å². The Bertz CT molecular complexity index is 582. The fourth-order valence-electron chi connectivity index (χ4n) is 2.16. The second-order valence-electron chi connectivity index (χ2n) is 5.20. The van der Waals surface area contributed by atoms with E-state index in [0.29, 0.717) is 18.4 Å². The normalized spacial score (nSPS) is 14.0. The third kappa shape index (κ3) is 3.66. The van der Waals surface area contributed by atoms with Crippen LogP contribution in [0.15, 0.2) is 30.7 Å². The van der Waals surface area contributed by atoms with Crippen LogP contribution in [0, 0.1) is 0 Å². The molecule has 6 nitrogen and oxygen atoms in total. The van der Waals surface area contributed by atoms with Crippen LogP contribution in [-0.4, -0.2) is 28.0 Å². The van der Waals surface area contributed by atoms with Gasteiger partial charge in [0.05, 0.1) is 0 Å². The number of nitrogens with two attached hydrogens (primary N) is 1. The first kappa shape index (κ1) is 13.8. The van der Waals surface area contributed by atoms with E-state index in [4.69, 9.17) is 5.73 Å². The second kappa shape index (κ2) is 6.49. The summed E-state index contributed by atoms with van der Waals surface area (Å²) in [6, 6.07) is 3.78. The van der Waals surface area contributed by atoms with Gasteiger partial charge >= 0.3 is 0 Å². The first-order chi connectivity index (χ1) is 10.4. The summed E-state index contributed by atoms with van der Waals surface area (Å²) >= 11 is 0. The zero-order chi connectivity index (χ0) is 14.5. The number of rotatable bonds is 7. The topological polar surface area (TPSA) is 88.8 Å². The minimum absolute atomic E-state index is 0.598. The molecular formula is C15H20N6. The molecule has 3 rings (SSSR count). The fraction of sp³-hybridized carbons (Fsp3) is 0.400. The molecule has 4 N–H and O–H groups in total. The molecule has 0 aromatic carbocycles. The van der Waals surface area contributed by atoms with Crippen LogP contribution in [-0.2, 0) is 0 Å². The smallest absolute Gasteiger partial charge is 0.229 e. The van der Waals surface area contributed by atoms with Crippen LogP contribution < -0.4 is 16.4 Å². The molecule has 6 heteroatoms. The minimum atomic E-state index is 0.598. The van der Waals surface area contributed by atoms with E-state index < -0.39 is 0 Å². The highest BCUT2D eigenvalue weighted by Gasteiger charge is 2.27. The molecule has 1 aliphatic rings. The molecule has 0 bridgehead atoms. The number of hydrogen-bond donors (Lipinski definition) is 3. The number of aromatic nitrogens is 3. The van der Waals surface area contributed by atoms with E-state index in [2.05, 4.69) is 25.6 Å². The molecule has 1 saturated carbocycles. The maximum absolute atomic E-state index is 5.54. The Balaban J connectivity index is 1.76. The fourth-order valence-corrected chi connectivity index (χ4v) is 2.16. The van der Waals surface area contributed by atoms with Gasteiger partial charge in [-0.3, -0.25) is 4.98 Å². The van der Waals surface area contributed by atoms with E-state index >= 15 is 0 Å². The molecule has 0 atom stereocenters. The summed E-state index contributed by atoms with van der Waals surface area (Å²) in [4.78, 5) is 13.0. The average molecular weight is 284 g/mol. The van der Waals surface area contributed by atoms with Crippen molar-refractivity contribution in [1.29, 1.82) is 0 Å². The van der Waals surface area contributed by atoms with Crippen molar-refractivity contribution < 1.29 is 0 Å². The van der Waals surface area contributed by atoms with Gasteiger partial charge in [-0.15, -0.1) is 0 Å². The van der Waals surface area contributed by atoms with Crippen LogP contribution in [0.25, 0.3) is 0 Å². The Morgan fingerprint density at radius 3 is 2.76 bits per heavy atom. The maximum Gasteiger partial charge on any atom is 0.229 e. The molecule has 0 saturated heterocycles. The summed E-state index contributed by atoms with van der Waals surface area (Å²) in [7, 11) is 0. The zero-order valence-corrected chi connectivity index (χ0v) is 11.9. The van der Waals surface area contributed by atoms with Crippen molar-refractivity contribution in [2.45, 2.75) is 25.2 Å². The molecule has 2 heterocycles. The lowest BCUT2D eigenvalue weighted by Crippen LogP contribution is -2.12. The van der Waals surface area contributed by atoms with Crippen LogP contribution >= 0.6 is 0 Å². The van der Waals surface area contributed by atoms with Gasteiger partial charge in [0.15, 0.2) is 0 Å². The quantitative estimate of drug-likeness (QED) is 0.676. The molecule has 110 valence electrons. The molecule has 0 unspecified atom stereocenters. The summed E-state index contributed by atoms with van der Waals surface area (Å²) in [5.74, 6) is 2.14. The van der Waals surface area contributed by atoms with Crippen molar-refractivity contribution in [3.05, 3.63) is 36.3 Å². The first-order valence-corrected chi connectivity index (χ1v) is 7.35. The van der Waals surface area contributed by atoms with Gasteiger partial charge in [0.25, 0.3) is 0 Å². The van der Waals surface area contributed by atoms with Gasteiger partial charge in [0, 0.05) is 36.4 Å². The summed E-state index contributed by atoms with van der Waals surface area (Å²) in [5, 5.41) is 6.57. The third-order valence-electron chi connectivity index (χ3n) is 3.44. The Labute approximate surface area is 124 Å². The van der Waals surface area contributed by atoms with Gasteiger partial charge in [-0.05, 0) is 43.9 Å². The number of nitrogens with zero attached hydrogens (tertiary/aromatic N) is 3. The van der Waals surface area contributed by atoms with Gasteiger partial charge in [0.2, 0.25) is 5.95 Å². The summed E-state index contributed by atoms with van der Waals surface area (Å²) < 4.78 is 0. The van der Waals surface area contributed by atoms with Crippen LogP contribution in [0.4, 0.5) is 17.5 Å². The molecule has 21 heavy (non-hydrogen) atoms. The average Bonchev–Trinajstić information content (AvgIpc) is 3.34. The van der Waals surface area contributed by atoms with Crippen molar-refractivity contribution in [3.63, 3.8) is 0 Å². The molecule has 0 radical (unpaired) electrons. The molecule has 1 fully saturated rings. The van der Waals surface area contributed by atoms with Crippen molar-refractivity contribution in [1.82, 2.24) is 15.0 Å². The lowest BCUT2D eigenvalue weighted by molar-refractivity contribution is 0.865. The first-order valence-electron chi connectivity index (χ1n) is 7.35. The minimum Gasteiger partial charge on any atom is -0.370 e. The van der Waals surface area contributed by atoms with Crippen LogP contribution in [0.1, 0.15) is 30.7 Å². The van der Waals surface area contributed by atoms with Gasteiger partial charge in [-0.2, -0.15) is 4.98 Å². The largest absolute Gasteiger partial charge is 0.370 e. The van der Waals surface area contributed by atoms with Crippen LogP contribution in [0.2, 0.25) is 0 Å². The number of nitrogens with one attached hydrogen (secondary N) is 2. The van der Waals surface area contributed by atoms with E-state index in [1.54, 1.807) is 12.4 Å². The standard InChI is InChI=1S/C15H20N6/c16-6-1-7-18-14-13(11-2-3-11)10-19-15(21-14)20-12-4-8-17-9-5-12/h4-5,8-11H,1-3,6-7,16H2,(H2,17,18,19,20,21). The summed E-state index contributed by atoms with van der Waals surface area (Å²) in [6.07, 6.45) is 8.79. The summed E-state index contributed by atoms with van der Waals surface area (Å²) in [5.41, 5.74) is 7.69. The van der Waals surface area contributed by atoms with E-state index in [1.807, 2.05) is 18.3 Å². The predicted octanol–water partition coefficient (Wildman–Crippen LogP) is 2.25. The number of pyridine rings is 1. The highest BCUT2D eigenvalue weighted by molar-refractivity contribution is 5.56. The van der Waals surface area contributed by atoms with Crippen LogP contribution in [0.3, 0.4) is 0 Å². The lowest BCUT2D eigenvalue weighted by Gasteiger charge is -2.12. The van der Waals surface area contributed by atoms with Gasteiger partial charge in [-0.1, -0.05) is 0 Å². The lowest BCUT2D eigenvalue weighted by atomic mass is 10.2. The Hall–Kier alpha value is -2.21. The number of hydrogen-bond acceptors (Lipinski definition) is 6. The Kier molecular flexibility index (Phi) is 4.25. The SMILES string of the molecule is NCCCNc1nc(Nc2ccncc2)ncc1C1CC1. The van der Waals surface area contributed by atoms with Gasteiger partial charge < -0.3 is 16.4 Å². The number of anilines is 3. The molecule has 0 spiro atoms. The van der Waals surface area contributed by atoms with Crippen LogP contribution in [0.5, 0.6) is 0 Å². The molecule has 0 aliphatic heterocycles. The van der Waals surface area contributed by atoms with E-state index in [-0.39, 0.29) is 0 Å². The summed E-state index contributed by atoms with van der Waals surface area (Å²) in [6.45, 7) is 1.51. The highest BCUT2D eigenvalue weighted by atomic mass is 15.1. The molecular weight excluding hydrogens is 264 g/mol. The van der Waals surface area contributed by atoms with Gasteiger partial charge in [-0.25, -0.2) is 4.98 Å². The van der Waals surface area contributed by atoms with Crippen molar-refractivity contribution >= 4 is 17.5 Å². The Morgan fingerprint density at radius 2 is 2.05 bits per heavy atom.